The van der Waals surface area contributed by atoms with Crippen LogP contribution in [0.5, 0.6) is 5.75 Å². The van der Waals surface area contributed by atoms with Gasteiger partial charge in [-0.15, -0.1) is 0 Å². The summed E-state index contributed by atoms with van der Waals surface area (Å²) in [5.74, 6) is 0.432. The van der Waals surface area contributed by atoms with Crippen LogP contribution in [0, 0.1) is 0 Å². The van der Waals surface area contributed by atoms with E-state index in [1.165, 1.54) is 0 Å². The van der Waals surface area contributed by atoms with E-state index in [0.29, 0.717) is 5.75 Å². The normalized spacial score (nSPS) is 10.9. The Hall–Kier alpha value is -1.93. The molecule has 0 N–H and O–H groups in total. The lowest BCUT2D eigenvalue weighted by Crippen LogP contribution is -1.86. The van der Waals surface area contributed by atoms with Crippen molar-refractivity contribution in [2.75, 3.05) is 0 Å². The van der Waals surface area contributed by atoms with Crippen molar-refractivity contribution >= 4 is 25.5 Å². The number of benzene rings is 2. The summed E-state index contributed by atoms with van der Waals surface area (Å²) < 4.78 is 20.4. The molecule has 16 heavy (non-hydrogen) atoms. The van der Waals surface area contributed by atoms with Crippen molar-refractivity contribution in [2.45, 2.75) is 0 Å². The Morgan fingerprint density at radius 3 is 2.62 bits per heavy atom. The Balaban J connectivity index is 2.37. The van der Waals surface area contributed by atoms with Gasteiger partial charge in [0.1, 0.15) is 0 Å². The summed E-state index contributed by atoms with van der Waals surface area (Å²) in [6, 6.07) is 12.9. The van der Waals surface area contributed by atoms with Crippen molar-refractivity contribution in [1.29, 1.82) is 0 Å². The minimum Gasteiger partial charge on any atom is -0.250 e. The van der Waals surface area contributed by atoms with Crippen LogP contribution in [0.3, 0.4) is 0 Å². The van der Waals surface area contributed by atoms with Crippen LogP contribution in [0.15, 0.2) is 42.5 Å². The van der Waals surface area contributed by atoms with Gasteiger partial charge in [0.05, 0.1) is 0 Å². The zero-order valence-corrected chi connectivity index (χ0v) is 9.09. The van der Waals surface area contributed by atoms with E-state index in [9.17, 15) is 9.36 Å². The molecule has 0 spiro atoms. The Morgan fingerprint density at radius 1 is 1.06 bits per heavy atom. The smallest absolute Gasteiger partial charge is 0.250 e. The molecule has 2 aromatic rings. The van der Waals surface area contributed by atoms with Crippen LogP contribution in [0.1, 0.15) is 0 Å². The second kappa shape index (κ2) is 4.73. The minimum atomic E-state index is -2.45. The van der Waals surface area contributed by atoms with E-state index in [2.05, 4.69) is 4.52 Å². The summed E-state index contributed by atoms with van der Waals surface area (Å²) in [5.41, 5.74) is 0. The third kappa shape index (κ3) is 2.18. The summed E-state index contributed by atoms with van der Waals surface area (Å²) in [4.78, 5) is 9.98. The molecule has 0 aliphatic rings. The van der Waals surface area contributed by atoms with E-state index in [-0.39, 0.29) is 6.47 Å². The lowest BCUT2D eigenvalue weighted by atomic mass is 10.1. The Morgan fingerprint density at radius 2 is 1.81 bits per heavy atom. The molecule has 0 aliphatic heterocycles. The summed E-state index contributed by atoms with van der Waals surface area (Å²) in [7, 11) is -2.45. The van der Waals surface area contributed by atoms with Crippen LogP contribution in [0.25, 0.3) is 10.8 Å². The molecular formula is C11H8O4P+. The maximum Gasteiger partial charge on any atom is 0.808 e. The van der Waals surface area contributed by atoms with Crippen molar-refractivity contribution in [3.05, 3.63) is 42.5 Å². The van der Waals surface area contributed by atoms with E-state index in [4.69, 9.17) is 4.52 Å². The molecule has 5 heteroatoms. The average molecular weight is 235 g/mol. The minimum absolute atomic E-state index is 0.101. The molecule has 0 radical (unpaired) electrons. The molecule has 0 aromatic heterocycles. The van der Waals surface area contributed by atoms with Gasteiger partial charge >= 0.3 is 14.7 Å². The van der Waals surface area contributed by atoms with Crippen LogP contribution in [0.2, 0.25) is 0 Å². The van der Waals surface area contributed by atoms with Crippen molar-refractivity contribution in [1.82, 2.24) is 0 Å². The van der Waals surface area contributed by atoms with Crippen LogP contribution in [-0.4, -0.2) is 6.47 Å². The Kier molecular flexibility index (Phi) is 3.13. The predicted molar refractivity (Wildman–Crippen MR) is 59.3 cm³/mol. The molecule has 1 unspecified atom stereocenters. The molecule has 80 valence electrons. The van der Waals surface area contributed by atoms with E-state index < -0.39 is 8.25 Å². The first-order valence-electron chi connectivity index (χ1n) is 4.54. The van der Waals surface area contributed by atoms with Crippen molar-refractivity contribution in [2.24, 2.45) is 0 Å². The van der Waals surface area contributed by atoms with Crippen molar-refractivity contribution in [3.8, 4) is 5.75 Å². The van der Waals surface area contributed by atoms with E-state index in [0.717, 1.165) is 10.8 Å². The highest BCUT2D eigenvalue weighted by Gasteiger charge is 2.23. The molecule has 0 bridgehead atoms. The Bertz CT molecular complexity index is 533. The van der Waals surface area contributed by atoms with Crippen LogP contribution in [0.4, 0.5) is 0 Å². The standard InChI is InChI=1S/C11H8O4P/c12-8-14-16(13)15-11-7-3-5-9-4-1-2-6-10(9)11/h1-8H/q+1. The molecule has 0 saturated carbocycles. The number of carbonyl (C=O) groups is 1. The largest absolute Gasteiger partial charge is 0.808 e. The maximum atomic E-state index is 11.1. The van der Waals surface area contributed by atoms with Crippen LogP contribution >= 0.6 is 8.25 Å². The molecule has 4 nitrogen and oxygen atoms in total. The molecule has 0 saturated heterocycles. The van der Waals surface area contributed by atoms with Gasteiger partial charge in [0, 0.05) is 9.95 Å². The molecule has 1 atom stereocenters. The lowest BCUT2D eigenvalue weighted by Gasteiger charge is -1.98. The molecule has 2 aromatic carbocycles. The first-order chi connectivity index (χ1) is 7.81. The number of hydrogen-bond donors (Lipinski definition) is 0. The quantitative estimate of drug-likeness (QED) is 0.603. The lowest BCUT2D eigenvalue weighted by molar-refractivity contribution is -0.120. The Labute approximate surface area is 92.7 Å². The van der Waals surface area contributed by atoms with Gasteiger partial charge in [-0.05, 0) is 11.5 Å². The number of rotatable bonds is 4. The fraction of sp³-hybridized carbons (Fsp3) is 0. The fourth-order valence-electron chi connectivity index (χ4n) is 1.41. The number of fused-ring (bicyclic) bond motifs is 1. The van der Waals surface area contributed by atoms with Gasteiger partial charge in [-0.25, -0.2) is 4.52 Å². The van der Waals surface area contributed by atoms with Crippen molar-refractivity contribution < 1.29 is 18.4 Å². The second-order valence-electron chi connectivity index (χ2n) is 2.99. The first kappa shape index (κ1) is 10.6. The van der Waals surface area contributed by atoms with Crippen molar-refractivity contribution in [3.63, 3.8) is 0 Å². The summed E-state index contributed by atoms with van der Waals surface area (Å²) >= 11 is 0. The van der Waals surface area contributed by atoms with Crippen LogP contribution in [-0.2, 0) is 13.9 Å². The summed E-state index contributed by atoms with van der Waals surface area (Å²) in [5, 5.41) is 1.79. The van der Waals surface area contributed by atoms with E-state index >= 15 is 0 Å². The maximum absolute atomic E-state index is 11.1. The molecule has 2 rings (SSSR count). The average Bonchev–Trinajstić information content (AvgIpc) is 2.30. The molecule has 0 amide bonds. The topological polar surface area (TPSA) is 52.6 Å². The highest BCUT2D eigenvalue weighted by molar-refractivity contribution is 7.34. The predicted octanol–water partition coefficient (Wildman–Crippen LogP) is 3.05. The van der Waals surface area contributed by atoms with Gasteiger partial charge in [0.15, 0.2) is 5.75 Å². The van der Waals surface area contributed by atoms with Gasteiger partial charge in [0.2, 0.25) is 0 Å². The molecular weight excluding hydrogens is 227 g/mol. The number of hydrogen-bond acceptors (Lipinski definition) is 4. The molecule has 0 heterocycles. The third-order valence-electron chi connectivity index (χ3n) is 2.05. The van der Waals surface area contributed by atoms with Gasteiger partial charge in [0.25, 0.3) is 0 Å². The highest BCUT2D eigenvalue weighted by atomic mass is 31.1. The summed E-state index contributed by atoms with van der Waals surface area (Å²) in [6.45, 7) is 0.101. The van der Waals surface area contributed by atoms with E-state index in [1.807, 2.05) is 30.3 Å². The monoisotopic (exact) mass is 235 g/mol. The molecule has 0 fully saturated rings. The zero-order valence-electron chi connectivity index (χ0n) is 8.20. The highest BCUT2D eigenvalue weighted by Crippen LogP contribution is 2.32. The zero-order chi connectivity index (χ0) is 11.4. The SMILES string of the molecule is O=CO[P+](=O)Oc1cccc2ccccc12. The van der Waals surface area contributed by atoms with Gasteiger partial charge in [-0.3, -0.25) is 4.79 Å². The van der Waals surface area contributed by atoms with Gasteiger partial charge in [-0.2, -0.15) is 4.52 Å². The second-order valence-corrected chi connectivity index (χ2v) is 3.83. The third-order valence-corrected chi connectivity index (χ3v) is 2.66. The number of carbonyl (C=O) groups excluding carboxylic acids is 1. The van der Waals surface area contributed by atoms with E-state index in [1.54, 1.807) is 12.1 Å². The van der Waals surface area contributed by atoms with Crippen LogP contribution < -0.4 is 4.52 Å². The fourth-order valence-corrected chi connectivity index (χ4v) is 1.85. The van der Waals surface area contributed by atoms with Gasteiger partial charge in [-0.1, -0.05) is 36.4 Å². The summed E-state index contributed by atoms with van der Waals surface area (Å²) in [6.07, 6.45) is 0. The van der Waals surface area contributed by atoms with Gasteiger partial charge < -0.3 is 0 Å². The first-order valence-corrected chi connectivity index (χ1v) is 5.64. The molecule has 0 aliphatic carbocycles.